The summed E-state index contributed by atoms with van der Waals surface area (Å²) in [4.78, 5) is 4.45. The highest BCUT2D eigenvalue weighted by atomic mass is 19.1. The first-order valence-corrected chi connectivity index (χ1v) is 13.6. The second-order valence-corrected chi connectivity index (χ2v) is 11.7. The summed E-state index contributed by atoms with van der Waals surface area (Å²) >= 11 is 0. The average molecular weight is 497 g/mol. The molecular formula is C33H37FN2O. The Bertz CT molecular complexity index is 1510. The summed E-state index contributed by atoms with van der Waals surface area (Å²) in [6, 6.07) is 15.9. The van der Waals surface area contributed by atoms with Gasteiger partial charge < -0.3 is 14.2 Å². The zero-order chi connectivity index (χ0) is 26.2. The maximum absolute atomic E-state index is 14.9. The van der Waals surface area contributed by atoms with Gasteiger partial charge in [0.25, 0.3) is 0 Å². The predicted octanol–water partition coefficient (Wildman–Crippen LogP) is 8.69. The van der Waals surface area contributed by atoms with E-state index in [4.69, 9.17) is 4.42 Å². The van der Waals surface area contributed by atoms with Crippen LogP contribution in [0.4, 0.5) is 10.1 Å². The monoisotopic (exact) mass is 496 g/mol. The molecule has 2 heterocycles. The van der Waals surface area contributed by atoms with Gasteiger partial charge in [0.2, 0.25) is 0 Å². The molecule has 6 rings (SSSR count). The van der Waals surface area contributed by atoms with Crippen molar-refractivity contribution in [2.24, 2.45) is 23.7 Å². The van der Waals surface area contributed by atoms with Gasteiger partial charge in [0.05, 0.1) is 23.4 Å². The summed E-state index contributed by atoms with van der Waals surface area (Å²) in [6.45, 7) is 14.9. The van der Waals surface area contributed by atoms with Gasteiger partial charge in [-0.3, -0.25) is 0 Å². The van der Waals surface area contributed by atoms with Crippen molar-refractivity contribution in [2.75, 3.05) is 18.6 Å². The van der Waals surface area contributed by atoms with Crippen LogP contribution in [0, 0.1) is 43.3 Å². The normalized spacial score (nSPS) is 26.1. The number of fused-ring (bicyclic) bond motifs is 3. The van der Waals surface area contributed by atoms with Crippen LogP contribution in [0.1, 0.15) is 55.9 Å². The van der Waals surface area contributed by atoms with Crippen LogP contribution in [0.5, 0.6) is 0 Å². The van der Waals surface area contributed by atoms with Crippen LogP contribution in [0.25, 0.3) is 27.6 Å². The molecule has 0 N–H and O–H groups in total. The fourth-order valence-electron chi connectivity index (χ4n) is 7.28. The first-order chi connectivity index (χ1) is 17.7. The van der Waals surface area contributed by atoms with Crippen molar-refractivity contribution < 1.29 is 8.81 Å². The van der Waals surface area contributed by atoms with Gasteiger partial charge in [-0.2, -0.15) is 0 Å². The Balaban J connectivity index is 1.41. The van der Waals surface area contributed by atoms with Crippen LogP contribution < -0.4 is 4.90 Å². The lowest BCUT2D eigenvalue weighted by Gasteiger charge is -2.26. The number of para-hydroxylation sites is 1. The molecule has 0 radical (unpaired) electrons. The van der Waals surface area contributed by atoms with Gasteiger partial charge in [0, 0.05) is 24.2 Å². The Morgan fingerprint density at radius 3 is 2.19 bits per heavy atom. The second-order valence-electron chi connectivity index (χ2n) is 11.7. The first kappa shape index (κ1) is 24.1. The summed E-state index contributed by atoms with van der Waals surface area (Å²) in [7, 11) is 2.13. The van der Waals surface area contributed by atoms with Crippen molar-refractivity contribution in [1.82, 2.24) is 4.90 Å². The Hall–Kier alpha value is -3.27. The third-order valence-electron chi connectivity index (χ3n) is 9.63. The molecule has 1 aliphatic heterocycles. The van der Waals surface area contributed by atoms with Crippen LogP contribution in [0.15, 0.2) is 59.1 Å². The van der Waals surface area contributed by atoms with Crippen molar-refractivity contribution in [3.05, 3.63) is 82.8 Å². The van der Waals surface area contributed by atoms with Crippen molar-refractivity contribution >= 4 is 33.3 Å². The van der Waals surface area contributed by atoms with E-state index in [-0.39, 0.29) is 5.82 Å². The van der Waals surface area contributed by atoms with E-state index in [1.165, 1.54) is 28.0 Å². The number of benzene rings is 3. The number of halogens is 1. The predicted molar refractivity (Wildman–Crippen MR) is 152 cm³/mol. The van der Waals surface area contributed by atoms with Crippen molar-refractivity contribution in [3.63, 3.8) is 0 Å². The average Bonchev–Trinajstić information content (AvgIpc) is 3.49. The van der Waals surface area contributed by atoms with Crippen molar-refractivity contribution in [2.45, 2.75) is 47.5 Å². The fourth-order valence-corrected chi connectivity index (χ4v) is 7.28. The van der Waals surface area contributed by atoms with Gasteiger partial charge in [0.15, 0.2) is 5.58 Å². The topological polar surface area (TPSA) is 19.6 Å². The van der Waals surface area contributed by atoms with Crippen LogP contribution in [-0.2, 0) is 0 Å². The molecule has 37 heavy (non-hydrogen) atoms. The smallest absolute Gasteiger partial charge is 0.162 e. The maximum atomic E-state index is 14.9. The minimum atomic E-state index is -0.248. The molecule has 4 aromatic rings. The molecule has 4 unspecified atom stereocenters. The molecule has 0 spiro atoms. The third-order valence-corrected chi connectivity index (χ3v) is 9.63. The van der Waals surface area contributed by atoms with Crippen LogP contribution in [0.2, 0.25) is 0 Å². The molecule has 2 aliphatic rings. The Kier molecular flexibility index (Phi) is 5.63. The zero-order valence-corrected chi connectivity index (χ0v) is 23.0. The second kappa shape index (κ2) is 8.65. The minimum absolute atomic E-state index is 0.248. The molecule has 3 aromatic carbocycles. The van der Waals surface area contributed by atoms with Gasteiger partial charge in [0.1, 0.15) is 11.4 Å². The zero-order valence-electron chi connectivity index (χ0n) is 23.0. The third kappa shape index (κ3) is 3.59. The maximum Gasteiger partial charge on any atom is 0.162 e. The fraction of sp³-hybridized carbons (Fsp3) is 0.394. The van der Waals surface area contributed by atoms with E-state index in [0.29, 0.717) is 41.0 Å². The number of hydrogen-bond donors (Lipinski definition) is 0. The van der Waals surface area contributed by atoms with Crippen LogP contribution >= 0.6 is 0 Å². The lowest BCUT2D eigenvalue weighted by molar-refractivity contribution is 0.352. The number of aryl methyl sites for hydroxylation is 2. The van der Waals surface area contributed by atoms with Gasteiger partial charge >= 0.3 is 0 Å². The highest BCUT2D eigenvalue weighted by Gasteiger charge is 2.42. The van der Waals surface area contributed by atoms with Crippen molar-refractivity contribution in [3.8, 4) is 0 Å². The molecule has 0 bridgehead atoms. The first-order valence-electron chi connectivity index (χ1n) is 13.6. The number of anilines is 1. The van der Waals surface area contributed by atoms with Crippen LogP contribution in [0.3, 0.4) is 0 Å². The molecule has 1 fully saturated rings. The van der Waals surface area contributed by atoms with Gasteiger partial charge in [-0.25, -0.2) is 4.39 Å². The molecule has 192 valence electrons. The highest BCUT2D eigenvalue weighted by Crippen LogP contribution is 2.51. The minimum Gasteiger partial charge on any atom is -0.454 e. The molecule has 0 saturated heterocycles. The Labute approximate surface area is 219 Å². The quantitative estimate of drug-likeness (QED) is 0.283. The summed E-state index contributed by atoms with van der Waals surface area (Å²) < 4.78 is 21.1. The molecule has 1 aliphatic carbocycles. The van der Waals surface area contributed by atoms with E-state index >= 15 is 0 Å². The Morgan fingerprint density at radius 1 is 0.865 bits per heavy atom. The van der Waals surface area contributed by atoms with E-state index < -0.39 is 0 Å². The molecule has 3 nitrogen and oxygen atoms in total. The summed E-state index contributed by atoms with van der Waals surface area (Å²) in [5.74, 6) is 3.20. The van der Waals surface area contributed by atoms with E-state index in [1.807, 2.05) is 30.3 Å². The molecule has 0 amide bonds. The molecule has 1 saturated carbocycles. The standard InChI is InChI=1S/C33H37FN2O/c1-18-14-24(31-22(5)20(3)21(4)23(31)6)15-19(2)30(18)28-16-36(17-35(28)7)27-13-12-26(34)32-25-10-8-9-11-29(25)37-33(27)32/h8-16,20-23,31H,17H2,1-7H3. The number of rotatable bonds is 3. The van der Waals surface area contributed by atoms with Gasteiger partial charge in [-0.15, -0.1) is 0 Å². The lowest BCUT2D eigenvalue weighted by atomic mass is 9.81. The van der Waals surface area contributed by atoms with E-state index in [1.54, 1.807) is 6.07 Å². The Morgan fingerprint density at radius 2 is 1.51 bits per heavy atom. The lowest BCUT2D eigenvalue weighted by Crippen LogP contribution is -2.23. The van der Waals surface area contributed by atoms with Crippen LogP contribution in [-0.4, -0.2) is 18.6 Å². The highest BCUT2D eigenvalue weighted by molar-refractivity contribution is 6.09. The number of hydrogen-bond acceptors (Lipinski definition) is 3. The summed E-state index contributed by atoms with van der Waals surface area (Å²) in [5.41, 5.74) is 8.78. The van der Waals surface area contributed by atoms with E-state index in [0.717, 1.165) is 22.9 Å². The molecule has 1 aromatic heterocycles. The molecule has 4 heteroatoms. The van der Waals surface area contributed by atoms with Gasteiger partial charge in [-0.05, 0) is 78.3 Å². The number of nitrogens with zero attached hydrogens (tertiary/aromatic N) is 2. The SMILES string of the molecule is Cc1cc(C2C(C)C(C)C(C)C2C)cc(C)c1C1=CN(c2ccc(F)c3c2oc2ccccc23)CN1C. The summed E-state index contributed by atoms with van der Waals surface area (Å²) in [5, 5.41) is 1.37. The molecular weight excluding hydrogens is 459 g/mol. The number of furan rings is 1. The van der Waals surface area contributed by atoms with E-state index in [9.17, 15) is 4.39 Å². The van der Waals surface area contributed by atoms with Crippen molar-refractivity contribution in [1.29, 1.82) is 0 Å². The largest absolute Gasteiger partial charge is 0.454 e. The van der Waals surface area contributed by atoms with E-state index in [2.05, 4.69) is 76.7 Å². The van der Waals surface area contributed by atoms with Gasteiger partial charge in [-0.1, -0.05) is 58.0 Å². The summed E-state index contributed by atoms with van der Waals surface area (Å²) in [6.07, 6.45) is 2.19. The molecule has 4 atom stereocenters.